The summed E-state index contributed by atoms with van der Waals surface area (Å²) in [5.74, 6) is 0.863. The van der Waals surface area contributed by atoms with Crippen molar-refractivity contribution in [2.24, 2.45) is 0 Å². The minimum atomic E-state index is 0.799. The lowest BCUT2D eigenvalue weighted by Crippen LogP contribution is -2.43. The second-order valence-electron chi connectivity index (χ2n) is 3.44. The maximum Gasteiger partial charge on any atom is 0.120 e. The summed E-state index contributed by atoms with van der Waals surface area (Å²) in [5.41, 5.74) is 4.32. The average molecular weight is 205 g/mol. The van der Waals surface area contributed by atoms with E-state index >= 15 is 0 Å². The van der Waals surface area contributed by atoms with Crippen molar-refractivity contribution in [3.8, 4) is 5.75 Å². The second-order valence-corrected chi connectivity index (χ2v) is 3.44. The van der Waals surface area contributed by atoms with Gasteiger partial charge in [0, 0.05) is 25.5 Å². The molecule has 1 aliphatic heterocycles. The highest BCUT2D eigenvalue weighted by Crippen LogP contribution is 2.20. The van der Waals surface area contributed by atoms with Gasteiger partial charge in [0.25, 0.3) is 0 Å². The number of benzene rings is 1. The normalized spacial score (nSPS) is 15.6. The highest BCUT2D eigenvalue weighted by molar-refractivity contribution is 5.52. The number of hydrogen-bond acceptors (Lipinski definition) is 4. The maximum absolute atomic E-state index is 5.18. The van der Waals surface area contributed by atoms with E-state index in [0.29, 0.717) is 0 Å². The van der Waals surface area contributed by atoms with Gasteiger partial charge >= 0.3 is 0 Å². The quantitative estimate of drug-likeness (QED) is 0.789. The molecule has 1 N–H and O–H groups in total. The fourth-order valence-corrected chi connectivity index (χ4v) is 1.41. The predicted octanol–water partition coefficient (Wildman–Crippen LogP) is 1.38. The zero-order valence-electron chi connectivity index (χ0n) is 8.97. The molecule has 80 valence electrons. The second kappa shape index (κ2) is 4.23. The average Bonchev–Trinajstić information content (AvgIpc) is 2.30. The van der Waals surface area contributed by atoms with Gasteiger partial charge in [0.15, 0.2) is 0 Å². The van der Waals surface area contributed by atoms with Gasteiger partial charge in [-0.3, -0.25) is 5.01 Å². The first kappa shape index (κ1) is 9.86. The van der Waals surface area contributed by atoms with Crippen molar-refractivity contribution in [2.75, 3.05) is 25.8 Å². The number of nitrogens with one attached hydrogen (secondary N) is 1. The van der Waals surface area contributed by atoms with Crippen molar-refractivity contribution in [1.29, 1.82) is 0 Å². The molecule has 0 radical (unpaired) electrons. The molecule has 1 aromatic rings. The summed E-state index contributed by atoms with van der Waals surface area (Å²) in [4.78, 5) is 2.07. The van der Waals surface area contributed by atoms with Crippen LogP contribution in [0.15, 0.2) is 36.7 Å². The van der Waals surface area contributed by atoms with E-state index < -0.39 is 0 Å². The van der Waals surface area contributed by atoms with Crippen molar-refractivity contribution in [3.05, 3.63) is 36.7 Å². The molecule has 0 saturated heterocycles. The van der Waals surface area contributed by atoms with Crippen molar-refractivity contribution >= 4 is 5.69 Å². The molecule has 0 atom stereocenters. The number of rotatable bonds is 2. The van der Waals surface area contributed by atoms with E-state index in [1.165, 1.54) is 0 Å². The number of ether oxygens (including phenoxy) is 1. The summed E-state index contributed by atoms with van der Waals surface area (Å²) in [6, 6.07) is 7.93. The smallest absolute Gasteiger partial charge is 0.120 e. The molecule has 0 unspecified atom stereocenters. The van der Waals surface area contributed by atoms with Crippen LogP contribution in [0.1, 0.15) is 0 Å². The van der Waals surface area contributed by atoms with Crippen molar-refractivity contribution in [2.45, 2.75) is 0 Å². The van der Waals surface area contributed by atoms with Crippen LogP contribution in [0, 0.1) is 0 Å². The number of hydrogen-bond donors (Lipinski definition) is 1. The largest absolute Gasteiger partial charge is 0.497 e. The Kier molecular flexibility index (Phi) is 2.78. The van der Waals surface area contributed by atoms with Gasteiger partial charge < -0.3 is 9.64 Å². The Bertz CT molecular complexity index is 365. The third kappa shape index (κ3) is 2.22. The molecule has 0 aromatic heterocycles. The Morgan fingerprint density at radius 1 is 1.33 bits per heavy atom. The van der Waals surface area contributed by atoms with Gasteiger partial charge in [-0.15, -0.1) is 0 Å². The number of methoxy groups -OCH3 is 1. The van der Waals surface area contributed by atoms with Gasteiger partial charge in [-0.1, -0.05) is 6.07 Å². The molecule has 4 nitrogen and oxygen atoms in total. The molecule has 15 heavy (non-hydrogen) atoms. The van der Waals surface area contributed by atoms with Crippen LogP contribution in [-0.4, -0.2) is 25.7 Å². The van der Waals surface area contributed by atoms with Gasteiger partial charge in [0.1, 0.15) is 5.75 Å². The third-order valence-electron chi connectivity index (χ3n) is 2.29. The molecule has 0 spiro atoms. The Morgan fingerprint density at radius 2 is 2.20 bits per heavy atom. The van der Waals surface area contributed by atoms with Gasteiger partial charge in [-0.25, -0.2) is 5.43 Å². The lowest BCUT2D eigenvalue weighted by atomic mass is 10.3. The van der Waals surface area contributed by atoms with Crippen molar-refractivity contribution < 1.29 is 4.74 Å². The van der Waals surface area contributed by atoms with Crippen molar-refractivity contribution in [3.63, 3.8) is 0 Å². The molecule has 0 amide bonds. The van der Waals surface area contributed by atoms with Gasteiger partial charge in [-0.2, -0.15) is 0 Å². The number of nitrogens with zero attached hydrogens (tertiary/aromatic N) is 2. The Hall–Kier alpha value is -1.68. The van der Waals surface area contributed by atoms with Gasteiger partial charge in [0.05, 0.1) is 19.5 Å². The van der Waals surface area contributed by atoms with E-state index in [9.17, 15) is 0 Å². The first-order valence-corrected chi connectivity index (χ1v) is 4.85. The molecule has 2 rings (SSSR count). The number of hydrazine groups is 1. The van der Waals surface area contributed by atoms with Gasteiger partial charge in [-0.05, 0) is 12.1 Å². The molecule has 0 fully saturated rings. The van der Waals surface area contributed by atoms with E-state index in [1.807, 2.05) is 48.7 Å². The van der Waals surface area contributed by atoms with Crippen LogP contribution in [0.3, 0.4) is 0 Å². The summed E-state index contributed by atoms with van der Waals surface area (Å²) in [7, 11) is 3.69. The molecule has 4 heteroatoms. The number of anilines is 1. The van der Waals surface area contributed by atoms with E-state index in [0.717, 1.165) is 18.1 Å². The first-order valence-electron chi connectivity index (χ1n) is 4.85. The van der Waals surface area contributed by atoms with E-state index in [-0.39, 0.29) is 0 Å². The molecule has 0 bridgehead atoms. The lowest BCUT2D eigenvalue weighted by molar-refractivity contribution is 0.385. The topological polar surface area (TPSA) is 27.7 Å². The molecule has 1 heterocycles. The zero-order chi connectivity index (χ0) is 10.7. The minimum absolute atomic E-state index is 0.799. The van der Waals surface area contributed by atoms with Crippen LogP contribution in [-0.2, 0) is 0 Å². The van der Waals surface area contributed by atoms with E-state index in [4.69, 9.17) is 4.74 Å². The highest BCUT2D eigenvalue weighted by Gasteiger charge is 2.08. The van der Waals surface area contributed by atoms with E-state index in [2.05, 4.69) is 10.3 Å². The summed E-state index contributed by atoms with van der Waals surface area (Å²) in [6.45, 7) is 0.799. The fraction of sp³-hybridized carbons (Fsp3) is 0.273. The van der Waals surface area contributed by atoms with Crippen LogP contribution in [0.4, 0.5) is 5.69 Å². The van der Waals surface area contributed by atoms with E-state index in [1.54, 1.807) is 7.11 Å². The lowest BCUT2D eigenvalue weighted by Gasteiger charge is -2.29. The first-order chi connectivity index (χ1) is 7.29. The Labute approximate surface area is 89.7 Å². The summed E-state index contributed by atoms with van der Waals surface area (Å²) < 4.78 is 5.18. The molecular weight excluding hydrogens is 190 g/mol. The summed E-state index contributed by atoms with van der Waals surface area (Å²) in [6.07, 6.45) is 4.01. The van der Waals surface area contributed by atoms with Crippen LogP contribution < -0.4 is 15.2 Å². The van der Waals surface area contributed by atoms with Crippen LogP contribution >= 0.6 is 0 Å². The van der Waals surface area contributed by atoms with Crippen LogP contribution in [0.25, 0.3) is 0 Å². The van der Waals surface area contributed by atoms with Crippen LogP contribution in [0.5, 0.6) is 5.75 Å². The molecular formula is C11H15N3O. The van der Waals surface area contributed by atoms with Crippen molar-refractivity contribution in [1.82, 2.24) is 10.3 Å². The zero-order valence-corrected chi connectivity index (χ0v) is 8.97. The summed E-state index contributed by atoms with van der Waals surface area (Å²) >= 11 is 0. The van der Waals surface area contributed by atoms with Gasteiger partial charge in [0.2, 0.25) is 0 Å². The maximum atomic E-state index is 5.18. The molecule has 0 aliphatic carbocycles. The molecule has 1 aromatic carbocycles. The minimum Gasteiger partial charge on any atom is -0.497 e. The molecule has 1 aliphatic rings. The standard InChI is InChI=1S/C11H15N3O/c1-13-6-7-14(12-9-13)10-4-3-5-11(8-10)15-2/h3-8,12H,9H2,1-2H3. The fourth-order valence-electron chi connectivity index (χ4n) is 1.41. The molecule has 0 saturated carbocycles. The SMILES string of the molecule is COc1cccc(N2C=CN(C)CN2)c1. The highest BCUT2D eigenvalue weighted by atomic mass is 16.5. The third-order valence-corrected chi connectivity index (χ3v) is 2.29. The Balaban J connectivity index is 2.18. The summed E-state index contributed by atoms with van der Waals surface area (Å²) in [5, 5.41) is 1.97. The Morgan fingerprint density at radius 3 is 2.87 bits per heavy atom. The monoisotopic (exact) mass is 205 g/mol. The predicted molar refractivity (Wildman–Crippen MR) is 60.4 cm³/mol. The van der Waals surface area contributed by atoms with Crippen LogP contribution in [0.2, 0.25) is 0 Å².